The fourth-order valence-electron chi connectivity index (χ4n) is 3.06. The first-order valence-corrected chi connectivity index (χ1v) is 9.03. The lowest BCUT2D eigenvalue weighted by atomic mass is 10.1. The highest BCUT2D eigenvalue weighted by Gasteiger charge is 2.36. The third-order valence-corrected chi connectivity index (χ3v) is 4.62. The Morgan fingerprint density at radius 3 is 2.29 bits per heavy atom. The summed E-state index contributed by atoms with van der Waals surface area (Å²) in [7, 11) is 0. The minimum absolute atomic E-state index is 0.0735. The van der Waals surface area contributed by atoms with Crippen LogP contribution >= 0.6 is 0 Å². The fourth-order valence-corrected chi connectivity index (χ4v) is 3.06. The second-order valence-electron chi connectivity index (χ2n) is 6.63. The smallest absolute Gasteiger partial charge is 0.418 e. The van der Waals surface area contributed by atoms with Crippen LogP contribution in [0.3, 0.4) is 0 Å². The SMILES string of the molecule is NC(=NC(=O)c1ccc(N2CCOCC2)c(C(F)(F)F)c1)c1ccc(C(=O)O)c(F)c1. The highest BCUT2D eigenvalue weighted by Crippen LogP contribution is 2.37. The Bertz CT molecular complexity index is 1050. The van der Waals surface area contributed by atoms with Gasteiger partial charge in [-0.25, -0.2) is 9.18 Å². The summed E-state index contributed by atoms with van der Waals surface area (Å²) in [4.78, 5) is 28.3. The Morgan fingerprint density at radius 1 is 1.06 bits per heavy atom. The van der Waals surface area contributed by atoms with Gasteiger partial charge in [-0.2, -0.15) is 18.2 Å². The molecule has 1 saturated heterocycles. The number of hydrogen-bond acceptors (Lipinski definition) is 4. The number of halogens is 4. The number of ether oxygens (including phenoxy) is 1. The van der Waals surface area contributed by atoms with Crippen LogP contribution in [0.1, 0.15) is 31.8 Å². The van der Waals surface area contributed by atoms with Crippen LogP contribution in [0.15, 0.2) is 41.4 Å². The van der Waals surface area contributed by atoms with Gasteiger partial charge in [0, 0.05) is 29.9 Å². The predicted molar refractivity (Wildman–Crippen MR) is 103 cm³/mol. The van der Waals surface area contributed by atoms with E-state index >= 15 is 0 Å². The van der Waals surface area contributed by atoms with Crippen molar-refractivity contribution in [1.29, 1.82) is 0 Å². The molecule has 1 heterocycles. The van der Waals surface area contributed by atoms with Crippen molar-refractivity contribution in [3.05, 3.63) is 64.5 Å². The maximum Gasteiger partial charge on any atom is 0.418 e. The summed E-state index contributed by atoms with van der Waals surface area (Å²) in [6.07, 6.45) is -4.71. The lowest BCUT2D eigenvalue weighted by molar-refractivity contribution is -0.137. The zero-order chi connectivity index (χ0) is 22.8. The van der Waals surface area contributed by atoms with E-state index in [2.05, 4.69) is 4.99 Å². The molecule has 164 valence electrons. The number of benzene rings is 2. The van der Waals surface area contributed by atoms with Crippen molar-refractivity contribution in [3.8, 4) is 0 Å². The van der Waals surface area contributed by atoms with E-state index in [0.29, 0.717) is 6.07 Å². The lowest BCUT2D eigenvalue weighted by Gasteiger charge is -2.31. The number of rotatable bonds is 4. The molecule has 0 unspecified atom stereocenters. The van der Waals surface area contributed by atoms with Crippen LogP contribution in [-0.4, -0.2) is 49.1 Å². The van der Waals surface area contributed by atoms with E-state index in [1.54, 1.807) is 0 Å². The zero-order valence-electron chi connectivity index (χ0n) is 15.9. The molecule has 0 spiro atoms. The van der Waals surface area contributed by atoms with Crippen molar-refractivity contribution in [1.82, 2.24) is 0 Å². The van der Waals surface area contributed by atoms with Crippen LogP contribution in [-0.2, 0) is 10.9 Å². The van der Waals surface area contributed by atoms with Crippen LogP contribution in [0.2, 0.25) is 0 Å². The van der Waals surface area contributed by atoms with E-state index in [9.17, 15) is 27.2 Å². The van der Waals surface area contributed by atoms with Crippen molar-refractivity contribution in [2.24, 2.45) is 10.7 Å². The molecule has 1 fully saturated rings. The number of nitrogens with two attached hydrogens (primary N) is 1. The molecule has 7 nitrogen and oxygen atoms in total. The molecule has 0 radical (unpaired) electrons. The van der Waals surface area contributed by atoms with Gasteiger partial charge in [0.05, 0.1) is 24.3 Å². The molecule has 31 heavy (non-hydrogen) atoms. The second kappa shape index (κ2) is 8.72. The Balaban J connectivity index is 1.92. The summed E-state index contributed by atoms with van der Waals surface area (Å²) in [6, 6.07) is 5.94. The van der Waals surface area contributed by atoms with Crippen LogP contribution in [0.25, 0.3) is 0 Å². The molecule has 3 N–H and O–H groups in total. The number of aromatic carboxylic acids is 1. The number of hydrogen-bond donors (Lipinski definition) is 2. The van der Waals surface area contributed by atoms with Gasteiger partial charge in [0.2, 0.25) is 0 Å². The lowest BCUT2D eigenvalue weighted by Crippen LogP contribution is -2.37. The first-order chi connectivity index (χ1) is 14.6. The van der Waals surface area contributed by atoms with Crippen molar-refractivity contribution in [2.45, 2.75) is 6.18 Å². The predicted octanol–water partition coefficient (Wildman–Crippen LogP) is 2.93. The molecule has 0 saturated carbocycles. The first kappa shape index (κ1) is 22.2. The van der Waals surface area contributed by atoms with E-state index in [0.717, 1.165) is 18.2 Å². The Labute approximate surface area is 173 Å². The molecule has 1 aliphatic heterocycles. The van der Waals surface area contributed by atoms with E-state index in [1.165, 1.54) is 17.0 Å². The zero-order valence-corrected chi connectivity index (χ0v) is 15.9. The quantitative estimate of drug-likeness (QED) is 0.431. The molecule has 2 aromatic rings. The molecule has 2 aromatic carbocycles. The van der Waals surface area contributed by atoms with Gasteiger partial charge >= 0.3 is 12.1 Å². The molecule has 0 bridgehead atoms. The van der Waals surface area contributed by atoms with Gasteiger partial charge in [-0.3, -0.25) is 4.79 Å². The maximum atomic E-state index is 13.8. The molecule has 0 aliphatic carbocycles. The van der Waals surface area contributed by atoms with E-state index in [1.807, 2.05) is 0 Å². The average molecular weight is 439 g/mol. The van der Waals surface area contributed by atoms with E-state index in [-0.39, 0.29) is 43.1 Å². The highest BCUT2D eigenvalue weighted by atomic mass is 19.4. The van der Waals surface area contributed by atoms with Crippen molar-refractivity contribution in [2.75, 3.05) is 31.2 Å². The molecule has 3 rings (SSSR count). The van der Waals surface area contributed by atoms with E-state index in [4.69, 9.17) is 15.6 Å². The maximum absolute atomic E-state index is 13.8. The molecule has 11 heteroatoms. The van der Waals surface area contributed by atoms with Gasteiger partial charge in [-0.1, -0.05) is 6.07 Å². The number of carboxylic acid groups (broad SMARTS) is 1. The third-order valence-electron chi connectivity index (χ3n) is 4.62. The molecule has 0 atom stereocenters. The summed E-state index contributed by atoms with van der Waals surface area (Å²) in [5.41, 5.74) is 3.56. The largest absolute Gasteiger partial charge is 0.478 e. The summed E-state index contributed by atoms with van der Waals surface area (Å²) >= 11 is 0. The number of anilines is 1. The number of morpholine rings is 1. The third kappa shape index (κ3) is 5.00. The number of carboxylic acids is 1. The van der Waals surface area contributed by atoms with Gasteiger partial charge in [-0.15, -0.1) is 0 Å². The van der Waals surface area contributed by atoms with Crippen LogP contribution in [0.4, 0.5) is 23.2 Å². The highest BCUT2D eigenvalue weighted by molar-refractivity contribution is 6.09. The van der Waals surface area contributed by atoms with Gasteiger partial charge in [0.1, 0.15) is 11.7 Å². The topological polar surface area (TPSA) is 105 Å². The standard InChI is InChI=1S/C20H17F4N3O4/c21-15-10-11(1-3-13(15)19(29)30)17(25)26-18(28)12-2-4-16(14(9-12)20(22,23)24)27-5-7-31-8-6-27/h1-4,9-10H,5-8H2,(H,29,30)(H2,25,26,28). The number of carbonyl (C=O) groups is 2. The fraction of sp³-hybridized carbons (Fsp3) is 0.250. The molecular weight excluding hydrogens is 422 g/mol. The Kier molecular flexibility index (Phi) is 6.25. The van der Waals surface area contributed by atoms with Gasteiger partial charge in [0.15, 0.2) is 0 Å². The minimum atomic E-state index is -4.71. The van der Waals surface area contributed by atoms with Crippen molar-refractivity contribution >= 4 is 23.4 Å². The average Bonchev–Trinajstić information content (AvgIpc) is 2.72. The number of amidine groups is 1. The van der Waals surface area contributed by atoms with Crippen LogP contribution in [0, 0.1) is 5.82 Å². The number of amides is 1. The monoisotopic (exact) mass is 439 g/mol. The Hall–Kier alpha value is -3.47. The summed E-state index contributed by atoms with van der Waals surface area (Å²) in [5.74, 6) is -4.11. The summed E-state index contributed by atoms with van der Waals surface area (Å²) < 4.78 is 59.8. The number of nitrogens with zero attached hydrogens (tertiary/aromatic N) is 2. The number of alkyl halides is 3. The van der Waals surface area contributed by atoms with Gasteiger partial charge in [0.25, 0.3) is 5.91 Å². The molecule has 1 amide bonds. The normalized spacial score (nSPS) is 15.1. The molecule has 0 aromatic heterocycles. The first-order valence-electron chi connectivity index (χ1n) is 9.03. The minimum Gasteiger partial charge on any atom is -0.478 e. The number of carbonyl (C=O) groups excluding carboxylic acids is 1. The van der Waals surface area contributed by atoms with Gasteiger partial charge in [-0.05, 0) is 30.3 Å². The van der Waals surface area contributed by atoms with Crippen molar-refractivity contribution < 1.29 is 37.0 Å². The second-order valence-corrected chi connectivity index (χ2v) is 6.63. The van der Waals surface area contributed by atoms with Crippen molar-refractivity contribution in [3.63, 3.8) is 0 Å². The van der Waals surface area contributed by atoms with Crippen LogP contribution in [0.5, 0.6) is 0 Å². The molecular formula is C20H17F4N3O4. The summed E-state index contributed by atoms with van der Waals surface area (Å²) in [5, 5.41) is 8.84. The van der Waals surface area contributed by atoms with E-state index < -0.39 is 40.8 Å². The van der Waals surface area contributed by atoms with Gasteiger partial charge < -0.3 is 20.5 Å². The Morgan fingerprint density at radius 2 is 1.71 bits per heavy atom. The summed E-state index contributed by atoms with van der Waals surface area (Å²) in [6.45, 7) is 1.13. The molecule has 1 aliphatic rings. The number of aliphatic imine (C=N–C) groups is 1. The van der Waals surface area contributed by atoms with Crippen LogP contribution < -0.4 is 10.6 Å².